The zero-order valence-electron chi connectivity index (χ0n) is 11.7. The van der Waals surface area contributed by atoms with Crippen LogP contribution in [0.3, 0.4) is 0 Å². The van der Waals surface area contributed by atoms with Gasteiger partial charge in [-0.05, 0) is 34.0 Å². The fourth-order valence-corrected chi connectivity index (χ4v) is 3.32. The van der Waals surface area contributed by atoms with Crippen LogP contribution in [0.2, 0.25) is 0 Å². The maximum absolute atomic E-state index is 5.95. The number of halogens is 1. The molecule has 0 aliphatic carbocycles. The molecule has 2 aliphatic heterocycles. The van der Waals surface area contributed by atoms with Crippen LogP contribution in [0.25, 0.3) is 0 Å². The molecule has 1 saturated heterocycles. The number of nitrogens with one attached hydrogen (secondary N) is 1. The molecule has 0 spiro atoms. The number of ether oxygens (including phenoxy) is 3. The zero-order valence-corrected chi connectivity index (χ0v) is 13.3. The lowest BCUT2D eigenvalue weighted by molar-refractivity contribution is 0.0269. The van der Waals surface area contributed by atoms with Gasteiger partial charge in [0.15, 0.2) is 11.5 Å². The van der Waals surface area contributed by atoms with Crippen molar-refractivity contribution < 1.29 is 14.2 Å². The summed E-state index contributed by atoms with van der Waals surface area (Å²) in [6.45, 7) is 6.08. The Balaban J connectivity index is 2.05. The Morgan fingerprint density at radius 2 is 2.05 bits per heavy atom. The van der Waals surface area contributed by atoms with Gasteiger partial charge in [0.05, 0.1) is 30.4 Å². The molecule has 0 bridgehead atoms. The molecule has 0 saturated carbocycles. The molecule has 1 fully saturated rings. The summed E-state index contributed by atoms with van der Waals surface area (Å²) >= 11 is 3.62. The smallest absolute Gasteiger partial charge is 0.175 e. The summed E-state index contributed by atoms with van der Waals surface area (Å²) in [6.07, 6.45) is 1.92. The van der Waals surface area contributed by atoms with E-state index in [9.17, 15) is 0 Å². The number of morpholine rings is 1. The van der Waals surface area contributed by atoms with Crippen LogP contribution in [-0.2, 0) is 11.2 Å². The van der Waals surface area contributed by atoms with Gasteiger partial charge in [-0.2, -0.15) is 0 Å². The molecule has 1 aromatic carbocycles. The molecule has 3 rings (SSSR count). The van der Waals surface area contributed by atoms with E-state index in [1.807, 2.05) is 0 Å². The van der Waals surface area contributed by atoms with Gasteiger partial charge in [-0.25, -0.2) is 0 Å². The van der Waals surface area contributed by atoms with E-state index in [0.717, 1.165) is 48.5 Å². The largest absolute Gasteiger partial charge is 0.489 e. The molecule has 2 heterocycles. The quantitative estimate of drug-likeness (QED) is 0.897. The minimum atomic E-state index is 0.0900. The lowest BCUT2D eigenvalue weighted by Crippen LogP contribution is -2.33. The maximum Gasteiger partial charge on any atom is 0.175 e. The average Bonchev–Trinajstić information content (AvgIpc) is 2.74. The van der Waals surface area contributed by atoms with Crippen LogP contribution in [0, 0.1) is 0 Å². The van der Waals surface area contributed by atoms with Crippen LogP contribution >= 0.6 is 15.9 Å². The van der Waals surface area contributed by atoms with Crippen LogP contribution in [0.4, 0.5) is 0 Å². The third-order valence-electron chi connectivity index (χ3n) is 3.74. The van der Waals surface area contributed by atoms with Crippen LogP contribution in [0.15, 0.2) is 10.5 Å². The molecule has 4 nitrogen and oxygen atoms in total. The molecule has 1 N–H and O–H groups in total. The first kappa shape index (κ1) is 14.2. The van der Waals surface area contributed by atoms with Crippen molar-refractivity contribution in [3.8, 4) is 11.5 Å². The monoisotopic (exact) mass is 341 g/mol. The molecule has 20 heavy (non-hydrogen) atoms. The second-order valence-corrected chi connectivity index (χ2v) is 5.91. The highest BCUT2D eigenvalue weighted by atomic mass is 79.9. The normalized spacial score (nSPS) is 22.4. The second-order valence-electron chi connectivity index (χ2n) is 5.05. The Bertz CT molecular complexity index is 486. The molecule has 2 aliphatic rings. The molecule has 110 valence electrons. The van der Waals surface area contributed by atoms with E-state index in [4.69, 9.17) is 14.2 Å². The van der Waals surface area contributed by atoms with Crippen LogP contribution in [-0.4, -0.2) is 32.9 Å². The van der Waals surface area contributed by atoms with Crippen molar-refractivity contribution in [1.82, 2.24) is 5.32 Å². The average molecular weight is 342 g/mol. The van der Waals surface area contributed by atoms with E-state index >= 15 is 0 Å². The molecule has 5 heteroatoms. The van der Waals surface area contributed by atoms with E-state index < -0.39 is 0 Å². The Hall–Kier alpha value is -0.780. The number of hydrogen-bond donors (Lipinski definition) is 1. The van der Waals surface area contributed by atoms with Crippen molar-refractivity contribution in [2.45, 2.75) is 25.9 Å². The van der Waals surface area contributed by atoms with E-state index in [2.05, 4.69) is 34.2 Å². The standard InChI is InChI=1S/C15H20BrNO3/c1-2-10-11(13-9-17-4-7-18-13)8-12(16)15-14(10)19-5-3-6-20-15/h8,13,17H,2-7,9H2,1H3. The van der Waals surface area contributed by atoms with Gasteiger partial charge in [0.25, 0.3) is 0 Å². The van der Waals surface area contributed by atoms with E-state index in [-0.39, 0.29) is 6.10 Å². The Labute approximate surface area is 127 Å². The molecule has 0 aromatic heterocycles. The number of fused-ring (bicyclic) bond motifs is 1. The second kappa shape index (κ2) is 6.33. The van der Waals surface area contributed by atoms with Gasteiger partial charge in [-0.3, -0.25) is 0 Å². The number of hydrogen-bond acceptors (Lipinski definition) is 4. The van der Waals surface area contributed by atoms with E-state index in [1.54, 1.807) is 0 Å². The van der Waals surface area contributed by atoms with Crippen molar-refractivity contribution in [1.29, 1.82) is 0 Å². The fourth-order valence-electron chi connectivity index (χ4n) is 2.78. The first-order valence-corrected chi connectivity index (χ1v) is 8.03. The Kier molecular flexibility index (Phi) is 4.48. The minimum absolute atomic E-state index is 0.0900. The van der Waals surface area contributed by atoms with Crippen molar-refractivity contribution in [3.63, 3.8) is 0 Å². The summed E-state index contributed by atoms with van der Waals surface area (Å²) in [5, 5.41) is 3.38. The Morgan fingerprint density at radius 1 is 1.25 bits per heavy atom. The van der Waals surface area contributed by atoms with Crippen LogP contribution in [0.5, 0.6) is 11.5 Å². The zero-order chi connectivity index (χ0) is 13.9. The molecule has 0 amide bonds. The third-order valence-corrected chi connectivity index (χ3v) is 4.33. The summed E-state index contributed by atoms with van der Waals surface area (Å²) in [6, 6.07) is 2.13. The van der Waals surface area contributed by atoms with Gasteiger partial charge in [0, 0.05) is 25.1 Å². The SMILES string of the molecule is CCc1c(C2CNCCO2)cc(Br)c2c1OCCCO2. The maximum atomic E-state index is 5.95. The van der Waals surface area contributed by atoms with Gasteiger partial charge >= 0.3 is 0 Å². The van der Waals surface area contributed by atoms with Gasteiger partial charge in [-0.1, -0.05) is 6.92 Å². The summed E-state index contributed by atoms with van der Waals surface area (Å²) in [7, 11) is 0. The highest BCUT2D eigenvalue weighted by Crippen LogP contribution is 2.44. The van der Waals surface area contributed by atoms with Crippen molar-refractivity contribution in [2.24, 2.45) is 0 Å². The molecule has 1 aromatic rings. The molecule has 1 atom stereocenters. The number of benzene rings is 1. The van der Waals surface area contributed by atoms with Gasteiger partial charge < -0.3 is 19.5 Å². The fraction of sp³-hybridized carbons (Fsp3) is 0.600. The first-order valence-electron chi connectivity index (χ1n) is 7.24. The highest BCUT2D eigenvalue weighted by molar-refractivity contribution is 9.10. The summed E-state index contributed by atoms with van der Waals surface area (Å²) < 4.78 is 18.6. The van der Waals surface area contributed by atoms with E-state index in [0.29, 0.717) is 13.2 Å². The van der Waals surface area contributed by atoms with Crippen molar-refractivity contribution in [2.75, 3.05) is 32.9 Å². The highest BCUT2D eigenvalue weighted by Gasteiger charge is 2.26. The predicted octanol–water partition coefficient (Wildman–Crippen LogP) is 2.83. The Morgan fingerprint density at radius 3 is 2.75 bits per heavy atom. The van der Waals surface area contributed by atoms with Crippen molar-refractivity contribution >= 4 is 15.9 Å². The minimum Gasteiger partial charge on any atom is -0.489 e. The lowest BCUT2D eigenvalue weighted by atomic mass is 9.98. The summed E-state index contributed by atoms with van der Waals surface area (Å²) in [5.41, 5.74) is 2.41. The van der Waals surface area contributed by atoms with Crippen molar-refractivity contribution in [3.05, 3.63) is 21.7 Å². The predicted molar refractivity (Wildman–Crippen MR) is 80.7 cm³/mol. The van der Waals surface area contributed by atoms with Crippen LogP contribution in [0.1, 0.15) is 30.6 Å². The van der Waals surface area contributed by atoms with Gasteiger partial charge in [-0.15, -0.1) is 0 Å². The molecular weight excluding hydrogens is 322 g/mol. The molecule has 0 radical (unpaired) electrons. The summed E-state index contributed by atoms with van der Waals surface area (Å²) in [5.74, 6) is 1.73. The molecular formula is C15H20BrNO3. The first-order chi connectivity index (χ1) is 9.81. The lowest BCUT2D eigenvalue weighted by Gasteiger charge is -2.27. The van der Waals surface area contributed by atoms with Gasteiger partial charge in [0.2, 0.25) is 0 Å². The van der Waals surface area contributed by atoms with Gasteiger partial charge in [0.1, 0.15) is 0 Å². The summed E-state index contributed by atoms with van der Waals surface area (Å²) in [4.78, 5) is 0. The topological polar surface area (TPSA) is 39.7 Å². The van der Waals surface area contributed by atoms with Crippen LogP contribution < -0.4 is 14.8 Å². The van der Waals surface area contributed by atoms with E-state index in [1.165, 1.54) is 11.1 Å². The third kappa shape index (κ3) is 2.67. The number of rotatable bonds is 2. The molecule has 1 unspecified atom stereocenters.